The third-order valence-corrected chi connectivity index (χ3v) is 9.03. The highest BCUT2D eigenvalue weighted by Crippen LogP contribution is 2.33. The highest BCUT2D eigenvalue weighted by molar-refractivity contribution is 7.89. The normalized spacial score (nSPS) is 17.0. The SMILES string of the molecule is CCOC(=O)[C@@H]1CCCN(c2ccc(NC(=O)[C@H](CC)c3ccccc3)cc2S(=O)(=O)N[C@H](C)c2ccccc2)C1. The van der Waals surface area contributed by atoms with E-state index in [-0.39, 0.29) is 28.6 Å². The fourth-order valence-corrected chi connectivity index (χ4v) is 6.79. The number of ether oxygens (including phenoxy) is 1. The molecule has 41 heavy (non-hydrogen) atoms. The molecule has 0 bridgehead atoms. The van der Waals surface area contributed by atoms with Crippen LogP contribution in [-0.4, -0.2) is 40.0 Å². The summed E-state index contributed by atoms with van der Waals surface area (Å²) in [4.78, 5) is 27.8. The number of hydrogen-bond acceptors (Lipinski definition) is 6. The van der Waals surface area contributed by atoms with Gasteiger partial charge >= 0.3 is 5.97 Å². The van der Waals surface area contributed by atoms with Crippen molar-refractivity contribution in [1.29, 1.82) is 0 Å². The van der Waals surface area contributed by atoms with Crippen molar-refractivity contribution in [2.24, 2.45) is 5.92 Å². The number of piperidine rings is 1. The maximum absolute atomic E-state index is 13.9. The van der Waals surface area contributed by atoms with E-state index in [4.69, 9.17) is 4.74 Å². The van der Waals surface area contributed by atoms with Crippen LogP contribution in [0.5, 0.6) is 0 Å². The molecule has 3 aromatic carbocycles. The molecule has 8 nitrogen and oxygen atoms in total. The van der Waals surface area contributed by atoms with Gasteiger partial charge in [0.25, 0.3) is 0 Å². The Hall–Kier alpha value is -3.69. The lowest BCUT2D eigenvalue weighted by Gasteiger charge is -2.34. The summed E-state index contributed by atoms with van der Waals surface area (Å²) >= 11 is 0. The van der Waals surface area contributed by atoms with Crippen LogP contribution in [0, 0.1) is 5.92 Å². The van der Waals surface area contributed by atoms with E-state index in [1.165, 1.54) is 6.07 Å². The van der Waals surface area contributed by atoms with Gasteiger partial charge in [-0.1, -0.05) is 67.6 Å². The number of amides is 1. The van der Waals surface area contributed by atoms with Gasteiger partial charge < -0.3 is 15.0 Å². The van der Waals surface area contributed by atoms with Crippen LogP contribution in [0.3, 0.4) is 0 Å². The van der Waals surface area contributed by atoms with E-state index in [2.05, 4.69) is 10.0 Å². The van der Waals surface area contributed by atoms with Gasteiger partial charge in [0.15, 0.2) is 0 Å². The van der Waals surface area contributed by atoms with Gasteiger partial charge in [-0.2, -0.15) is 0 Å². The third kappa shape index (κ3) is 7.54. The number of esters is 1. The van der Waals surface area contributed by atoms with E-state index in [1.807, 2.05) is 72.5 Å². The smallest absolute Gasteiger partial charge is 0.310 e. The maximum atomic E-state index is 13.9. The minimum atomic E-state index is -4.03. The minimum Gasteiger partial charge on any atom is -0.466 e. The molecule has 1 fully saturated rings. The van der Waals surface area contributed by atoms with Gasteiger partial charge in [0.1, 0.15) is 4.90 Å². The fourth-order valence-electron chi connectivity index (χ4n) is 5.31. The van der Waals surface area contributed by atoms with Gasteiger partial charge in [0.05, 0.1) is 24.1 Å². The number of nitrogens with zero attached hydrogens (tertiary/aromatic N) is 1. The Balaban J connectivity index is 1.67. The molecule has 0 aromatic heterocycles. The van der Waals surface area contributed by atoms with Crippen molar-refractivity contribution in [3.8, 4) is 0 Å². The zero-order chi connectivity index (χ0) is 29.4. The van der Waals surface area contributed by atoms with Crippen molar-refractivity contribution < 1.29 is 22.7 Å². The molecule has 3 atom stereocenters. The average Bonchev–Trinajstić information content (AvgIpc) is 2.98. The standard InChI is InChI=1S/C32H39N3O5S/c1-4-28(25-15-10-7-11-16-25)31(36)33-27-18-19-29(35-20-12-17-26(22-35)32(37)40-5-2)30(21-27)41(38,39)34-23(3)24-13-8-6-9-14-24/h6-11,13-16,18-19,21,23,26,28,34H,4-5,12,17,20,22H2,1-3H3,(H,33,36)/t23-,26-,28-/m1/s1. The first-order valence-electron chi connectivity index (χ1n) is 14.2. The number of carbonyl (C=O) groups is 2. The van der Waals surface area contributed by atoms with Crippen LogP contribution in [0.25, 0.3) is 0 Å². The van der Waals surface area contributed by atoms with Crippen LogP contribution in [-0.2, 0) is 24.3 Å². The molecule has 0 unspecified atom stereocenters. The Bertz CT molecular complexity index is 1430. The Labute approximate surface area is 243 Å². The van der Waals surface area contributed by atoms with Crippen molar-refractivity contribution in [2.45, 2.75) is 56.9 Å². The molecule has 0 saturated carbocycles. The van der Waals surface area contributed by atoms with Gasteiger partial charge in [-0.15, -0.1) is 0 Å². The summed E-state index contributed by atoms with van der Waals surface area (Å²) in [6.45, 7) is 6.77. The Kier molecular flexibility index (Phi) is 10.2. The maximum Gasteiger partial charge on any atom is 0.310 e. The summed E-state index contributed by atoms with van der Waals surface area (Å²) in [5.41, 5.74) is 2.60. The van der Waals surface area contributed by atoms with Crippen LogP contribution in [0.4, 0.5) is 11.4 Å². The van der Waals surface area contributed by atoms with Crippen molar-refractivity contribution >= 4 is 33.3 Å². The Morgan fingerprint density at radius 3 is 2.27 bits per heavy atom. The molecule has 1 aliphatic heterocycles. The first-order chi connectivity index (χ1) is 19.7. The molecule has 9 heteroatoms. The van der Waals surface area contributed by atoms with E-state index in [9.17, 15) is 18.0 Å². The predicted octanol–water partition coefficient (Wildman–Crippen LogP) is 5.64. The number of anilines is 2. The summed E-state index contributed by atoms with van der Waals surface area (Å²) in [5, 5.41) is 2.94. The zero-order valence-electron chi connectivity index (χ0n) is 23.9. The second kappa shape index (κ2) is 13.8. The minimum absolute atomic E-state index is 0.0512. The Morgan fingerprint density at radius 2 is 1.63 bits per heavy atom. The summed E-state index contributed by atoms with van der Waals surface area (Å²) in [6.07, 6.45) is 2.01. The molecular formula is C32H39N3O5S. The topological polar surface area (TPSA) is 105 Å². The molecule has 0 aliphatic carbocycles. The van der Waals surface area contributed by atoms with Gasteiger partial charge in [-0.25, -0.2) is 13.1 Å². The number of nitrogens with one attached hydrogen (secondary N) is 2. The summed E-state index contributed by atoms with van der Waals surface area (Å²) in [6, 6.07) is 23.3. The number of carbonyl (C=O) groups excluding carboxylic acids is 2. The van der Waals surface area contributed by atoms with Gasteiger partial charge in [-0.3, -0.25) is 9.59 Å². The van der Waals surface area contributed by atoms with E-state index < -0.39 is 16.1 Å². The molecule has 3 aromatic rings. The summed E-state index contributed by atoms with van der Waals surface area (Å²) in [7, 11) is -4.03. The van der Waals surface area contributed by atoms with Crippen LogP contribution in [0.15, 0.2) is 83.8 Å². The lowest BCUT2D eigenvalue weighted by molar-refractivity contribution is -0.148. The highest BCUT2D eigenvalue weighted by Gasteiger charge is 2.31. The quantitative estimate of drug-likeness (QED) is 0.286. The van der Waals surface area contributed by atoms with Crippen LogP contribution >= 0.6 is 0 Å². The molecule has 4 rings (SSSR count). The van der Waals surface area contributed by atoms with Crippen molar-refractivity contribution in [2.75, 3.05) is 29.9 Å². The molecule has 1 aliphatic rings. The van der Waals surface area contributed by atoms with Crippen molar-refractivity contribution in [3.05, 3.63) is 90.0 Å². The monoisotopic (exact) mass is 577 g/mol. The van der Waals surface area contributed by atoms with Crippen LogP contribution in [0.1, 0.15) is 63.1 Å². The van der Waals surface area contributed by atoms with Gasteiger partial charge in [0.2, 0.25) is 15.9 Å². The molecule has 0 radical (unpaired) electrons. The molecule has 1 saturated heterocycles. The van der Waals surface area contributed by atoms with Crippen LogP contribution < -0.4 is 14.9 Å². The van der Waals surface area contributed by atoms with E-state index in [1.54, 1.807) is 26.0 Å². The second-order valence-electron chi connectivity index (χ2n) is 10.3. The molecule has 1 heterocycles. The van der Waals surface area contributed by atoms with Crippen molar-refractivity contribution in [3.63, 3.8) is 0 Å². The first kappa shape index (κ1) is 30.3. The average molecular weight is 578 g/mol. The van der Waals surface area contributed by atoms with E-state index >= 15 is 0 Å². The summed E-state index contributed by atoms with van der Waals surface area (Å²) < 4.78 is 35.9. The molecule has 218 valence electrons. The largest absolute Gasteiger partial charge is 0.466 e. The van der Waals surface area contributed by atoms with Crippen LogP contribution in [0.2, 0.25) is 0 Å². The number of sulfonamides is 1. The van der Waals surface area contributed by atoms with Gasteiger partial charge in [0, 0.05) is 24.8 Å². The molecule has 0 spiro atoms. The molecule has 1 amide bonds. The summed E-state index contributed by atoms with van der Waals surface area (Å²) in [5.74, 6) is -1.20. The third-order valence-electron chi connectivity index (χ3n) is 7.46. The van der Waals surface area contributed by atoms with E-state index in [0.29, 0.717) is 43.9 Å². The lowest BCUT2D eigenvalue weighted by atomic mass is 9.95. The number of hydrogen-bond donors (Lipinski definition) is 2. The first-order valence-corrected chi connectivity index (χ1v) is 15.7. The number of rotatable bonds is 11. The fraction of sp³-hybridized carbons (Fsp3) is 0.375. The molecule has 2 N–H and O–H groups in total. The van der Waals surface area contributed by atoms with E-state index in [0.717, 1.165) is 17.5 Å². The number of benzene rings is 3. The molecular weight excluding hydrogens is 538 g/mol. The zero-order valence-corrected chi connectivity index (χ0v) is 24.7. The lowest BCUT2D eigenvalue weighted by Crippen LogP contribution is -2.40. The second-order valence-corrected chi connectivity index (χ2v) is 12.0. The Morgan fingerprint density at radius 1 is 0.976 bits per heavy atom. The van der Waals surface area contributed by atoms with Gasteiger partial charge in [-0.05, 0) is 62.4 Å². The predicted molar refractivity (Wildman–Crippen MR) is 161 cm³/mol. The van der Waals surface area contributed by atoms with Crippen molar-refractivity contribution in [1.82, 2.24) is 4.72 Å². The highest BCUT2D eigenvalue weighted by atomic mass is 32.2.